The number of nitrogens with two attached hydrogens (primary N) is 1. The van der Waals surface area contributed by atoms with E-state index in [1.54, 1.807) is 0 Å². The Bertz CT molecular complexity index is 484. The average molecular weight is 235 g/mol. The van der Waals surface area contributed by atoms with Crippen LogP contribution in [0.15, 0.2) is 23.1 Å². The van der Waals surface area contributed by atoms with Crippen LogP contribution in [0.2, 0.25) is 0 Å². The van der Waals surface area contributed by atoms with E-state index in [1.165, 1.54) is 0 Å². The van der Waals surface area contributed by atoms with Gasteiger partial charge in [0.15, 0.2) is 0 Å². The fourth-order valence-electron chi connectivity index (χ4n) is 0.860. The average Bonchev–Trinajstić information content (AvgIpc) is 2.02. The summed E-state index contributed by atoms with van der Waals surface area (Å²) in [6.45, 7) is 0. The molecule has 9 heteroatoms. The van der Waals surface area contributed by atoms with Crippen molar-refractivity contribution >= 4 is 21.5 Å². The molecule has 8 nitrogen and oxygen atoms in total. The van der Waals surface area contributed by atoms with E-state index in [4.69, 9.17) is 10.3 Å². The van der Waals surface area contributed by atoms with Gasteiger partial charge in [-0.3, -0.25) is 14.7 Å². The van der Waals surface area contributed by atoms with Gasteiger partial charge in [-0.25, -0.2) is 0 Å². The molecule has 1 aromatic rings. The van der Waals surface area contributed by atoms with Crippen LogP contribution in [0.3, 0.4) is 0 Å². The predicted octanol–water partition coefficient (Wildman–Crippen LogP) is 0.586. The summed E-state index contributed by atoms with van der Waals surface area (Å²) >= 11 is 0. The van der Waals surface area contributed by atoms with Crippen molar-refractivity contribution in [3.63, 3.8) is 0 Å². The van der Waals surface area contributed by atoms with Crippen molar-refractivity contribution in [3.8, 4) is 0 Å². The number of anilines is 1. The van der Waals surface area contributed by atoms with Crippen molar-refractivity contribution < 1.29 is 17.9 Å². The summed E-state index contributed by atoms with van der Waals surface area (Å²) in [5.41, 5.74) is 4.52. The number of nitro benzene ring substituents is 1. The number of nitrogens with zero attached hydrogens (tertiary/aromatic N) is 1. The van der Waals surface area contributed by atoms with Crippen LogP contribution in [-0.4, -0.2) is 17.9 Å². The van der Waals surface area contributed by atoms with Crippen LogP contribution in [-0.2, 0) is 10.1 Å². The van der Waals surface area contributed by atoms with Gasteiger partial charge in [-0.05, 0) is 6.07 Å². The zero-order valence-corrected chi connectivity index (χ0v) is 8.27. The van der Waals surface area contributed by atoms with Gasteiger partial charge in [0.05, 0.1) is 10.6 Å². The first-order chi connectivity index (χ1) is 6.32. The Hall–Kier alpha value is -1.71. The van der Waals surface area contributed by atoms with Gasteiger partial charge in [0.1, 0.15) is 4.90 Å². The second-order valence-corrected chi connectivity index (χ2v) is 3.84. The highest BCUT2D eigenvalue weighted by atomic mass is 32.2. The first-order valence-electron chi connectivity index (χ1n) is 3.34. The van der Waals surface area contributed by atoms with E-state index in [2.05, 4.69) is 0 Å². The van der Waals surface area contributed by atoms with E-state index in [9.17, 15) is 18.5 Å². The molecular weight excluding hydrogens is 226 g/mol. The largest absolute Gasteiger partial charge is 0.398 e. The minimum atomic E-state index is -4.52. The first-order valence-corrected chi connectivity index (χ1v) is 4.78. The van der Waals surface area contributed by atoms with E-state index >= 15 is 0 Å². The number of rotatable bonds is 2. The van der Waals surface area contributed by atoms with Gasteiger partial charge in [0.2, 0.25) is 0 Å². The second-order valence-electron chi connectivity index (χ2n) is 2.45. The highest BCUT2D eigenvalue weighted by Gasteiger charge is 2.18. The van der Waals surface area contributed by atoms with Crippen LogP contribution in [0.4, 0.5) is 11.4 Å². The molecule has 0 unspecified atom stereocenters. The van der Waals surface area contributed by atoms with E-state index in [-0.39, 0.29) is 11.8 Å². The van der Waals surface area contributed by atoms with Crippen LogP contribution in [0.5, 0.6) is 0 Å². The Morgan fingerprint density at radius 2 is 1.93 bits per heavy atom. The number of benzene rings is 1. The Labute approximate surface area is 85.2 Å². The molecule has 1 rings (SSSR count). The standard InChI is InChI=1S/C6H6N2O5S.H3N/c7-5-2-1-4(8(9)10)3-6(5)14(11,12)13;/h1-3H,7H2,(H,11,12,13);1H3. The van der Waals surface area contributed by atoms with Crippen molar-refractivity contribution in [1.82, 2.24) is 6.15 Å². The lowest BCUT2D eigenvalue weighted by molar-refractivity contribution is -0.385. The fourth-order valence-corrected chi connectivity index (χ4v) is 1.50. The topological polar surface area (TPSA) is 159 Å². The summed E-state index contributed by atoms with van der Waals surface area (Å²) in [5, 5.41) is 10.3. The SMILES string of the molecule is N.Nc1ccc([N+](=O)[O-])cc1S(=O)(=O)O. The molecule has 0 aliphatic heterocycles. The molecule has 0 fully saturated rings. The zero-order valence-electron chi connectivity index (χ0n) is 7.45. The number of hydrogen-bond donors (Lipinski definition) is 3. The third-order valence-electron chi connectivity index (χ3n) is 1.49. The summed E-state index contributed by atoms with van der Waals surface area (Å²) in [7, 11) is -4.52. The van der Waals surface area contributed by atoms with Crippen molar-refractivity contribution in [2.45, 2.75) is 4.90 Å². The van der Waals surface area contributed by atoms with Gasteiger partial charge < -0.3 is 11.9 Å². The Kier molecular flexibility index (Phi) is 3.73. The van der Waals surface area contributed by atoms with Gasteiger partial charge in [0, 0.05) is 12.1 Å². The molecule has 0 saturated carbocycles. The quantitative estimate of drug-likeness (QED) is 0.292. The molecule has 0 aromatic heterocycles. The Morgan fingerprint density at radius 1 is 1.40 bits per heavy atom. The highest BCUT2D eigenvalue weighted by Crippen LogP contribution is 2.23. The van der Waals surface area contributed by atoms with E-state index in [0.29, 0.717) is 6.07 Å². The Balaban J connectivity index is 0.00000196. The third kappa shape index (κ3) is 2.87. The van der Waals surface area contributed by atoms with E-state index in [0.717, 1.165) is 12.1 Å². The minimum absolute atomic E-state index is 0. The third-order valence-corrected chi connectivity index (χ3v) is 2.40. The van der Waals surface area contributed by atoms with Crippen LogP contribution in [0, 0.1) is 10.1 Å². The molecule has 84 valence electrons. The summed E-state index contributed by atoms with van der Waals surface area (Å²) in [5.74, 6) is 0. The van der Waals surface area contributed by atoms with Gasteiger partial charge in [-0.1, -0.05) is 0 Å². The second kappa shape index (κ2) is 4.21. The molecule has 6 N–H and O–H groups in total. The lowest BCUT2D eigenvalue weighted by atomic mass is 10.3. The molecule has 0 bridgehead atoms. The molecule has 0 atom stereocenters. The molecule has 1 aromatic carbocycles. The van der Waals surface area contributed by atoms with E-state index in [1.807, 2.05) is 0 Å². The van der Waals surface area contributed by atoms with Crippen LogP contribution in [0.25, 0.3) is 0 Å². The summed E-state index contributed by atoms with van der Waals surface area (Å²) in [6, 6.07) is 2.79. The first kappa shape index (κ1) is 13.3. The molecule has 0 aliphatic carbocycles. The van der Waals surface area contributed by atoms with E-state index < -0.39 is 25.6 Å². The number of nitrogen functional groups attached to an aromatic ring is 1. The van der Waals surface area contributed by atoms with Gasteiger partial charge in [0.25, 0.3) is 15.8 Å². The molecule has 0 radical (unpaired) electrons. The maximum absolute atomic E-state index is 10.7. The van der Waals surface area contributed by atoms with Crippen molar-refractivity contribution in [2.75, 3.05) is 5.73 Å². The zero-order chi connectivity index (χ0) is 10.9. The van der Waals surface area contributed by atoms with Crippen LogP contribution < -0.4 is 11.9 Å². The van der Waals surface area contributed by atoms with Gasteiger partial charge in [-0.15, -0.1) is 0 Å². The van der Waals surface area contributed by atoms with Crippen LogP contribution >= 0.6 is 0 Å². The fraction of sp³-hybridized carbons (Fsp3) is 0. The molecule has 0 aliphatic rings. The number of non-ortho nitro benzene ring substituents is 1. The lowest BCUT2D eigenvalue weighted by Gasteiger charge is -2.00. The number of nitro groups is 1. The smallest absolute Gasteiger partial charge is 0.296 e. The lowest BCUT2D eigenvalue weighted by Crippen LogP contribution is -2.03. The molecule has 0 spiro atoms. The summed E-state index contributed by atoms with van der Waals surface area (Å²) in [6.07, 6.45) is 0. The highest BCUT2D eigenvalue weighted by molar-refractivity contribution is 7.86. The van der Waals surface area contributed by atoms with Crippen LogP contribution in [0.1, 0.15) is 0 Å². The van der Waals surface area contributed by atoms with Crippen molar-refractivity contribution in [1.29, 1.82) is 0 Å². The molecule has 0 heterocycles. The maximum atomic E-state index is 10.7. The monoisotopic (exact) mass is 235 g/mol. The molecular formula is C6H9N3O5S. The molecule has 0 amide bonds. The summed E-state index contributed by atoms with van der Waals surface area (Å²) in [4.78, 5) is 8.84. The predicted molar refractivity (Wildman–Crippen MR) is 52.3 cm³/mol. The Morgan fingerprint density at radius 3 is 2.33 bits per heavy atom. The minimum Gasteiger partial charge on any atom is -0.398 e. The normalized spacial score (nSPS) is 10.5. The van der Waals surface area contributed by atoms with Crippen molar-refractivity contribution in [2.24, 2.45) is 0 Å². The van der Waals surface area contributed by atoms with Gasteiger partial charge in [-0.2, -0.15) is 8.42 Å². The molecule has 0 saturated heterocycles. The summed E-state index contributed by atoms with van der Waals surface area (Å²) < 4.78 is 30.0. The number of hydrogen-bond acceptors (Lipinski definition) is 6. The van der Waals surface area contributed by atoms with Crippen molar-refractivity contribution in [3.05, 3.63) is 28.3 Å². The maximum Gasteiger partial charge on any atom is 0.296 e. The molecule has 15 heavy (non-hydrogen) atoms. The van der Waals surface area contributed by atoms with Gasteiger partial charge >= 0.3 is 0 Å².